The number of carbonyl (C=O) groups is 1. The van der Waals surface area contributed by atoms with E-state index in [1.165, 1.54) is 6.07 Å². The minimum Gasteiger partial charge on any atom is -0.367 e. The summed E-state index contributed by atoms with van der Waals surface area (Å²) in [5, 5.41) is 1.73. The van der Waals surface area contributed by atoms with Gasteiger partial charge in [0.1, 0.15) is 18.0 Å². The number of nitrogens with zero attached hydrogens (tertiary/aromatic N) is 7. The van der Waals surface area contributed by atoms with Gasteiger partial charge in [0, 0.05) is 91.5 Å². The molecule has 5 heterocycles. The minimum atomic E-state index is -0.293. The zero-order valence-electron chi connectivity index (χ0n) is 22.0. The van der Waals surface area contributed by atoms with Crippen LogP contribution in [0.25, 0.3) is 22.2 Å². The molecular weight excluding hydrogens is 513 g/mol. The highest BCUT2D eigenvalue weighted by atomic mass is 32.2. The number of piperidine rings is 1. The molecule has 8 nitrogen and oxygen atoms in total. The average Bonchev–Trinajstić information content (AvgIpc) is 3.40. The molecule has 0 aliphatic carbocycles. The molecule has 0 radical (unpaired) electrons. The number of piperazine rings is 1. The van der Waals surface area contributed by atoms with Gasteiger partial charge in [-0.25, -0.2) is 19.3 Å². The summed E-state index contributed by atoms with van der Waals surface area (Å²) in [6, 6.07) is 10.7. The molecule has 2 aliphatic rings. The van der Waals surface area contributed by atoms with E-state index in [1.807, 2.05) is 51.7 Å². The lowest BCUT2D eigenvalue weighted by Gasteiger charge is -2.37. The van der Waals surface area contributed by atoms with Gasteiger partial charge in [-0.3, -0.25) is 4.79 Å². The molecule has 6 rings (SSSR count). The number of rotatable bonds is 6. The van der Waals surface area contributed by atoms with Crippen LogP contribution in [-0.2, 0) is 11.3 Å². The first-order valence-electron chi connectivity index (χ1n) is 13.4. The Morgan fingerprint density at radius 3 is 2.49 bits per heavy atom. The summed E-state index contributed by atoms with van der Waals surface area (Å²) in [5.74, 6) is 0.509. The molecule has 2 saturated heterocycles. The average molecular weight is 546 g/mol. The summed E-state index contributed by atoms with van der Waals surface area (Å²) in [4.78, 5) is 33.1. The number of anilines is 2. The van der Waals surface area contributed by atoms with Crippen LogP contribution in [0.4, 0.5) is 16.0 Å². The number of pyridine rings is 1. The van der Waals surface area contributed by atoms with Gasteiger partial charge in [0.15, 0.2) is 0 Å². The van der Waals surface area contributed by atoms with E-state index in [0.29, 0.717) is 31.4 Å². The Hall–Kier alpha value is -3.66. The molecule has 1 aromatic carbocycles. The first-order chi connectivity index (χ1) is 19.1. The Bertz CT molecular complexity index is 1440. The largest absolute Gasteiger partial charge is 0.367 e. The second-order valence-electron chi connectivity index (χ2n) is 10.1. The molecule has 0 bridgehead atoms. The van der Waals surface area contributed by atoms with Gasteiger partial charge in [-0.1, -0.05) is 0 Å². The molecule has 202 valence electrons. The van der Waals surface area contributed by atoms with Gasteiger partial charge in [-0.15, -0.1) is 0 Å². The van der Waals surface area contributed by atoms with Crippen molar-refractivity contribution in [1.29, 1.82) is 0 Å². The maximum Gasteiger partial charge on any atom is 0.242 e. The number of halogens is 1. The molecule has 1 amide bonds. The van der Waals surface area contributed by atoms with Crippen molar-refractivity contribution in [2.24, 2.45) is 0 Å². The first-order valence-corrected chi connectivity index (χ1v) is 14.7. The van der Waals surface area contributed by atoms with Crippen LogP contribution < -0.4 is 9.80 Å². The maximum absolute atomic E-state index is 14.4. The predicted molar refractivity (Wildman–Crippen MR) is 155 cm³/mol. The zero-order valence-corrected chi connectivity index (χ0v) is 22.9. The molecule has 0 unspecified atom stereocenters. The molecule has 39 heavy (non-hydrogen) atoms. The number of fused-ring (bicyclic) bond motifs is 1. The van der Waals surface area contributed by atoms with Gasteiger partial charge in [0.2, 0.25) is 11.9 Å². The number of carbonyl (C=O) groups excluding carboxylic acids is 1. The quantitative estimate of drug-likeness (QED) is 0.358. The summed E-state index contributed by atoms with van der Waals surface area (Å²) in [5.41, 5.74) is 3.31. The van der Waals surface area contributed by atoms with Crippen molar-refractivity contribution < 1.29 is 9.18 Å². The SMILES string of the molecule is CSC1CCN(c2ncc(-c3cc(F)ccc3N3CCN(C(=O)Cn4ccc5cccnc54)CC3)cn2)CC1. The molecule has 3 aromatic heterocycles. The summed E-state index contributed by atoms with van der Waals surface area (Å²) in [6.45, 7) is 4.71. The van der Waals surface area contributed by atoms with Crippen molar-refractivity contribution in [3.8, 4) is 11.1 Å². The van der Waals surface area contributed by atoms with Crippen molar-refractivity contribution in [3.05, 3.63) is 67.0 Å². The van der Waals surface area contributed by atoms with E-state index in [9.17, 15) is 9.18 Å². The third kappa shape index (κ3) is 5.43. The normalized spacial score (nSPS) is 16.7. The van der Waals surface area contributed by atoms with Crippen LogP contribution in [0.15, 0.2) is 61.2 Å². The number of hydrogen-bond acceptors (Lipinski definition) is 7. The Balaban J connectivity index is 1.13. The van der Waals surface area contributed by atoms with Crippen molar-refractivity contribution in [2.75, 3.05) is 55.3 Å². The smallest absolute Gasteiger partial charge is 0.242 e. The molecule has 0 saturated carbocycles. The van der Waals surface area contributed by atoms with Crippen LogP contribution in [-0.4, -0.2) is 81.1 Å². The van der Waals surface area contributed by atoms with E-state index in [1.54, 1.807) is 24.7 Å². The molecule has 0 spiro atoms. The van der Waals surface area contributed by atoms with Crippen LogP contribution in [0, 0.1) is 5.82 Å². The fourth-order valence-electron chi connectivity index (χ4n) is 5.52. The monoisotopic (exact) mass is 545 g/mol. The number of benzene rings is 1. The molecule has 2 aliphatic heterocycles. The Labute approximate surface area is 231 Å². The highest BCUT2D eigenvalue weighted by Crippen LogP contribution is 2.33. The van der Waals surface area contributed by atoms with Crippen LogP contribution in [0.2, 0.25) is 0 Å². The molecular formula is C29H32FN7OS. The van der Waals surface area contributed by atoms with Crippen molar-refractivity contribution >= 4 is 40.3 Å². The molecule has 2 fully saturated rings. The van der Waals surface area contributed by atoms with E-state index < -0.39 is 0 Å². The van der Waals surface area contributed by atoms with E-state index in [2.05, 4.69) is 31.0 Å². The Morgan fingerprint density at radius 2 is 1.74 bits per heavy atom. The summed E-state index contributed by atoms with van der Waals surface area (Å²) in [6.07, 6.45) is 11.7. The lowest BCUT2D eigenvalue weighted by Crippen LogP contribution is -2.49. The van der Waals surface area contributed by atoms with Crippen LogP contribution in [0.3, 0.4) is 0 Å². The predicted octanol–water partition coefficient (Wildman–Crippen LogP) is 4.31. The van der Waals surface area contributed by atoms with E-state index in [4.69, 9.17) is 0 Å². The van der Waals surface area contributed by atoms with Gasteiger partial charge in [-0.05, 0) is 55.5 Å². The van der Waals surface area contributed by atoms with Gasteiger partial charge >= 0.3 is 0 Å². The van der Waals surface area contributed by atoms with Crippen molar-refractivity contribution in [3.63, 3.8) is 0 Å². The van der Waals surface area contributed by atoms with Gasteiger partial charge in [-0.2, -0.15) is 11.8 Å². The molecule has 10 heteroatoms. The Kier molecular flexibility index (Phi) is 7.36. The zero-order chi connectivity index (χ0) is 26.8. The Morgan fingerprint density at radius 1 is 0.974 bits per heavy atom. The summed E-state index contributed by atoms with van der Waals surface area (Å²) >= 11 is 1.93. The number of thioether (sulfide) groups is 1. The van der Waals surface area contributed by atoms with Gasteiger partial charge in [0.25, 0.3) is 0 Å². The lowest BCUT2D eigenvalue weighted by atomic mass is 10.0. The van der Waals surface area contributed by atoms with E-state index in [0.717, 1.165) is 59.7 Å². The fraction of sp³-hybridized carbons (Fsp3) is 0.379. The summed E-state index contributed by atoms with van der Waals surface area (Å²) in [7, 11) is 0. The summed E-state index contributed by atoms with van der Waals surface area (Å²) < 4.78 is 16.3. The molecule has 0 N–H and O–H groups in total. The number of amides is 1. The number of aromatic nitrogens is 4. The van der Waals surface area contributed by atoms with E-state index in [-0.39, 0.29) is 18.3 Å². The second kappa shape index (κ2) is 11.2. The topological polar surface area (TPSA) is 70.4 Å². The van der Waals surface area contributed by atoms with Crippen molar-refractivity contribution in [1.82, 2.24) is 24.4 Å². The second-order valence-corrected chi connectivity index (χ2v) is 11.2. The van der Waals surface area contributed by atoms with Crippen LogP contribution in [0.5, 0.6) is 0 Å². The maximum atomic E-state index is 14.4. The molecule has 4 aromatic rings. The minimum absolute atomic E-state index is 0.0719. The first kappa shape index (κ1) is 25.6. The third-order valence-corrected chi connectivity index (χ3v) is 8.91. The van der Waals surface area contributed by atoms with Gasteiger partial charge < -0.3 is 19.3 Å². The van der Waals surface area contributed by atoms with E-state index >= 15 is 0 Å². The highest BCUT2D eigenvalue weighted by molar-refractivity contribution is 7.99. The standard InChI is InChI=1S/C29H32FN7OS/c1-39-24-7-11-36(12-8-24)29-32-18-22(19-33-29)25-17-23(30)4-5-26(25)34-13-15-35(16-14-34)27(38)20-37-10-6-21-3-2-9-31-28(21)37/h2-6,9-10,17-19,24H,7-8,11-16,20H2,1H3. The van der Waals surface area contributed by atoms with Crippen molar-refractivity contribution in [2.45, 2.75) is 24.6 Å². The lowest BCUT2D eigenvalue weighted by molar-refractivity contribution is -0.132. The highest BCUT2D eigenvalue weighted by Gasteiger charge is 2.25. The fourth-order valence-corrected chi connectivity index (χ4v) is 6.20. The third-order valence-electron chi connectivity index (χ3n) is 7.77. The molecule has 0 atom stereocenters. The number of hydrogen-bond donors (Lipinski definition) is 0. The van der Waals surface area contributed by atoms with Crippen LogP contribution in [0.1, 0.15) is 12.8 Å². The van der Waals surface area contributed by atoms with Gasteiger partial charge in [0.05, 0.1) is 0 Å². The van der Waals surface area contributed by atoms with Crippen LogP contribution >= 0.6 is 11.8 Å².